The van der Waals surface area contributed by atoms with Crippen LogP contribution in [0.3, 0.4) is 0 Å². The van der Waals surface area contributed by atoms with Crippen LogP contribution in [0.1, 0.15) is 31.9 Å². The standard InChI is InChI=1S/C17H18BrN3O3/c1-10(22)20-15-6-11-8-17(2,3)24-9-13(11)16(23)21(15)14-7-12(18)4-5-19-14/h4-7H,8-9H2,1-3H3,(H,20,22). The van der Waals surface area contributed by atoms with Gasteiger partial charge in [0.2, 0.25) is 5.91 Å². The van der Waals surface area contributed by atoms with E-state index >= 15 is 0 Å². The molecule has 0 aromatic carbocycles. The van der Waals surface area contributed by atoms with Crippen molar-refractivity contribution in [3.63, 3.8) is 0 Å². The lowest BCUT2D eigenvalue weighted by atomic mass is 9.92. The molecule has 1 N–H and O–H groups in total. The van der Waals surface area contributed by atoms with Crippen LogP contribution in [0.25, 0.3) is 5.82 Å². The normalized spacial score (nSPS) is 15.7. The van der Waals surface area contributed by atoms with Gasteiger partial charge in [0, 0.05) is 29.6 Å². The molecule has 2 aromatic heterocycles. The molecule has 126 valence electrons. The van der Waals surface area contributed by atoms with Crippen LogP contribution in [0, 0.1) is 0 Å². The Bertz CT molecular complexity index is 874. The van der Waals surface area contributed by atoms with Crippen LogP contribution in [-0.2, 0) is 22.6 Å². The Morgan fingerprint density at radius 1 is 1.42 bits per heavy atom. The van der Waals surface area contributed by atoms with Gasteiger partial charge in [-0.25, -0.2) is 9.55 Å². The molecule has 2 aromatic rings. The molecule has 3 heterocycles. The zero-order valence-corrected chi connectivity index (χ0v) is 15.3. The van der Waals surface area contributed by atoms with Gasteiger partial charge in [-0.3, -0.25) is 9.59 Å². The van der Waals surface area contributed by atoms with Crippen molar-refractivity contribution in [2.75, 3.05) is 5.32 Å². The van der Waals surface area contributed by atoms with Crippen LogP contribution in [-0.4, -0.2) is 21.1 Å². The quantitative estimate of drug-likeness (QED) is 0.853. The van der Waals surface area contributed by atoms with Crippen LogP contribution >= 0.6 is 15.9 Å². The maximum absolute atomic E-state index is 13.0. The van der Waals surface area contributed by atoms with E-state index in [-0.39, 0.29) is 23.7 Å². The number of fused-ring (bicyclic) bond motifs is 1. The highest BCUT2D eigenvalue weighted by molar-refractivity contribution is 9.10. The van der Waals surface area contributed by atoms with Crippen LogP contribution < -0.4 is 10.9 Å². The number of amides is 1. The molecule has 6 nitrogen and oxygen atoms in total. The van der Waals surface area contributed by atoms with Crippen LogP contribution in [0.5, 0.6) is 0 Å². The van der Waals surface area contributed by atoms with Crippen molar-refractivity contribution >= 4 is 27.7 Å². The first-order chi connectivity index (χ1) is 11.3. The van der Waals surface area contributed by atoms with Crippen molar-refractivity contribution in [1.82, 2.24) is 9.55 Å². The molecule has 0 radical (unpaired) electrons. The predicted molar refractivity (Wildman–Crippen MR) is 94.4 cm³/mol. The number of nitrogens with zero attached hydrogens (tertiary/aromatic N) is 2. The summed E-state index contributed by atoms with van der Waals surface area (Å²) in [5.74, 6) is 0.602. The van der Waals surface area contributed by atoms with E-state index in [1.165, 1.54) is 11.5 Å². The first kappa shape index (κ1) is 16.9. The molecule has 0 fully saturated rings. The largest absolute Gasteiger partial charge is 0.370 e. The third-order valence-corrected chi connectivity index (χ3v) is 4.36. The van der Waals surface area contributed by atoms with Crippen molar-refractivity contribution in [1.29, 1.82) is 0 Å². The summed E-state index contributed by atoms with van der Waals surface area (Å²) < 4.78 is 7.98. The van der Waals surface area contributed by atoms with E-state index in [1.807, 2.05) is 19.9 Å². The summed E-state index contributed by atoms with van der Waals surface area (Å²) in [4.78, 5) is 28.9. The Kier molecular flexibility index (Phi) is 4.31. The summed E-state index contributed by atoms with van der Waals surface area (Å²) in [5.41, 5.74) is 0.932. The molecule has 24 heavy (non-hydrogen) atoms. The summed E-state index contributed by atoms with van der Waals surface area (Å²) in [5, 5.41) is 2.74. The second kappa shape index (κ2) is 6.14. The van der Waals surface area contributed by atoms with Gasteiger partial charge in [-0.1, -0.05) is 15.9 Å². The number of hydrogen-bond donors (Lipinski definition) is 1. The number of rotatable bonds is 2. The molecule has 1 amide bonds. The molecule has 7 heteroatoms. The summed E-state index contributed by atoms with van der Waals surface area (Å²) in [7, 11) is 0. The lowest BCUT2D eigenvalue weighted by Crippen LogP contribution is -2.37. The van der Waals surface area contributed by atoms with Gasteiger partial charge in [0.15, 0.2) is 0 Å². The molecule has 0 aliphatic carbocycles. The van der Waals surface area contributed by atoms with Crippen LogP contribution in [0.4, 0.5) is 5.82 Å². The molecule has 0 bridgehead atoms. The number of pyridine rings is 2. The zero-order valence-electron chi connectivity index (χ0n) is 13.7. The number of halogens is 1. The topological polar surface area (TPSA) is 73.2 Å². The maximum atomic E-state index is 13.0. The van der Waals surface area contributed by atoms with Gasteiger partial charge in [-0.2, -0.15) is 0 Å². The molecule has 0 saturated carbocycles. The summed E-state index contributed by atoms with van der Waals surface area (Å²) in [6.07, 6.45) is 2.21. The minimum atomic E-state index is -0.340. The number of aromatic nitrogens is 2. The molecule has 3 rings (SSSR count). The van der Waals surface area contributed by atoms with Gasteiger partial charge in [0.25, 0.3) is 5.56 Å². The molecule has 1 aliphatic heterocycles. The average Bonchev–Trinajstić information content (AvgIpc) is 2.45. The number of anilines is 1. The monoisotopic (exact) mass is 391 g/mol. The average molecular weight is 392 g/mol. The number of hydrogen-bond acceptors (Lipinski definition) is 4. The van der Waals surface area contributed by atoms with Crippen molar-refractivity contribution in [3.05, 3.63) is 50.3 Å². The minimum absolute atomic E-state index is 0.225. The van der Waals surface area contributed by atoms with Gasteiger partial charge in [-0.15, -0.1) is 0 Å². The maximum Gasteiger partial charge on any atom is 0.263 e. The fourth-order valence-electron chi connectivity index (χ4n) is 2.80. The van der Waals surface area contributed by atoms with E-state index in [0.717, 1.165) is 10.0 Å². The van der Waals surface area contributed by atoms with Crippen molar-refractivity contribution < 1.29 is 9.53 Å². The first-order valence-corrected chi connectivity index (χ1v) is 8.37. The SMILES string of the molecule is CC(=O)Nc1cc2c(c(=O)n1-c1cc(Br)ccn1)COC(C)(C)C2. The van der Waals surface area contributed by atoms with E-state index in [1.54, 1.807) is 18.3 Å². The minimum Gasteiger partial charge on any atom is -0.370 e. The van der Waals surface area contributed by atoms with Gasteiger partial charge < -0.3 is 10.1 Å². The Morgan fingerprint density at radius 3 is 2.83 bits per heavy atom. The number of nitrogens with one attached hydrogen (secondary N) is 1. The number of carbonyl (C=O) groups is 1. The third-order valence-electron chi connectivity index (χ3n) is 3.86. The highest BCUT2D eigenvalue weighted by Gasteiger charge is 2.29. The van der Waals surface area contributed by atoms with E-state index < -0.39 is 0 Å². The Labute approximate surface area is 148 Å². The Morgan fingerprint density at radius 2 is 2.17 bits per heavy atom. The van der Waals surface area contributed by atoms with Crippen molar-refractivity contribution in [2.24, 2.45) is 0 Å². The van der Waals surface area contributed by atoms with Gasteiger partial charge in [0.1, 0.15) is 11.6 Å². The lowest BCUT2D eigenvalue weighted by Gasteiger charge is -2.32. The van der Waals surface area contributed by atoms with Gasteiger partial charge in [0.05, 0.1) is 12.2 Å². The second-order valence-corrected chi connectivity index (χ2v) is 7.33. The first-order valence-electron chi connectivity index (χ1n) is 7.58. The number of carbonyl (C=O) groups excluding carboxylic acids is 1. The Hall–Kier alpha value is -1.99. The zero-order chi connectivity index (χ0) is 17.5. The molecular formula is C17H18BrN3O3. The molecule has 0 atom stereocenters. The van der Waals surface area contributed by atoms with Crippen molar-refractivity contribution in [2.45, 2.75) is 39.4 Å². The highest BCUT2D eigenvalue weighted by Crippen LogP contribution is 2.28. The fourth-order valence-corrected chi connectivity index (χ4v) is 3.13. The smallest absolute Gasteiger partial charge is 0.263 e. The molecular weight excluding hydrogens is 374 g/mol. The van der Waals surface area contributed by atoms with E-state index in [2.05, 4.69) is 26.2 Å². The summed E-state index contributed by atoms with van der Waals surface area (Å²) in [6, 6.07) is 5.34. The second-order valence-electron chi connectivity index (χ2n) is 6.41. The summed E-state index contributed by atoms with van der Waals surface area (Å²) >= 11 is 3.38. The lowest BCUT2D eigenvalue weighted by molar-refractivity contribution is -0.114. The van der Waals surface area contributed by atoms with E-state index in [4.69, 9.17) is 4.74 Å². The third kappa shape index (κ3) is 3.27. The molecule has 0 spiro atoms. The predicted octanol–water partition coefficient (Wildman–Crippen LogP) is 2.80. The van der Waals surface area contributed by atoms with Crippen molar-refractivity contribution in [3.8, 4) is 5.82 Å². The summed E-state index contributed by atoms with van der Waals surface area (Å²) in [6.45, 7) is 5.62. The number of ether oxygens (including phenoxy) is 1. The van der Waals surface area contributed by atoms with Crippen LogP contribution in [0.2, 0.25) is 0 Å². The van der Waals surface area contributed by atoms with E-state index in [9.17, 15) is 9.59 Å². The Balaban J connectivity index is 2.24. The van der Waals surface area contributed by atoms with Gasteiger partial charge >= 0.3 is 0 Å². The molecule has 0 unspecified atom stereocenters. The van der Waals surface area contributed by atoms with E-state index in [0.29, 0.717) is 23.6 Å². The van der Waals surface area contributed by atoms with Crippen LogP contribution in [0.15, 0.2) is 33.7 Å². The van der Waals surface area contributed by atoms with Gasteiger partial charge in [-0.05, 0) is 37.6 Å². The fraction of sp³-hybridized carbons (Fsp3) is 0.353. The highest BCUT2D eigenvalue weighted by atomic mass is 79.9. The molecule has 0 saturated heterocycles. The molecule has 1 aliphatic rings.